The highest BCUT2D eigenvalue weighted by atomic mass is 16.5. The van der Waals surface area contributed by atoms with Crippen LogP contribution in [-0.2, 0) is 4.74 Å². The first-order valence-corrected chi connectivity index (χ1v) is 4.61. The summed E-state index contributed by atoms with van der Waals surface area (Å²) in [6.45, 7) is 1.55. The van der Waals surface area contributed by atoms with Crippen LogP contribution >= 0.6 is 0 Å². The topological polar surface area (TPSA) is 29.5 Å². The molecule has 0 amide bonds. The number of rotatable bonds is 0. The second kappa shape index (κ2) is 2.76. The highest BCUT2D eigenvalue weighted by Gasteiger charge is 2.40. The maximum Gasteiger partial charge on any atom is 0.0719 e. The Hall–Kier alpha value is -0.0800. The molecule has 0 aromatic heterocycles. The van der Waals surface area contributed by atoms with Gasteiger partial charge in [-0.05, 0) is 19.3 Å². The minimum Gasteiger partial charge on any atom is -0.389 e. The molecule has 2 rings (SSSR count). The molecule has 2 atom stereocenters. The summed E-state index contributed by atoms with van der Waals surface area (Å²) in [5, 5.41) is 10.1. The first-order valence-electron chi connectivity index (χ1n) is 4.61. The Morgan fingerprint density at radius 3 is 3.00 bits per heavy atom. The Labute approximate surface area is 67.6 Å². The van der Waals surface area contributed by atoms with Crippen molar-refractivity contribution in [2.45, 2.75) is 37.7 Å². The van der Waals surface area contributed by atoms with Crippen molar-refractivity contribution in [3.8, 4) is 0 Å². The summed E-state index contributed by atoms with van der Waals surface area (Å²) in [7, 11) is 0. The molecule has 11 heavy (non-hydrogen) atoms. The average molecular weight is 156 g/mol. The van der Waals surface area contributed by atoms with Crippen LogP contribution in [0.15, 0.2) is 0 Å². The Kier molecular flexibility index (Phi) is 1.90. The molecule has 1 saturated heterocycles. The van der Waals surface area contributed by atoms with Crippen molar-refractivity contribution in [2.24, 2.45) is 5.92 Å². The first-order chi connectivity index (χ1) is 5.31. The summed E-state index contributed by atoms with van der Waals surface area (Å²) in [5.41, 5.74) is -0.351. The van der Waals surface area contributed by atoms with E-state index in [-0.39, 0.29) is 5.60 Å². The molecule has 0 unspecified atom stereocenters. The molecule has 0 aromatic carbocycles. The highest BCUT2D eigenvalue weighted by molar-refractivity contribution is 4.91. The van der Waals surface area contributed by atoms with Gasteiger partial charge in [-0.15, -0.1) is 0 Å². The van der Waals surface area contributed by atoms with Gasteiger partial charge >= 0.3 is 0 Å². The largest absolute Gasteiger partial charge is 0.389 e. The van der Waals surface area contributed by atoms with Crippen LogP contribution in [0.5, 0.6) is 0 Å². The quantitative estimate of drug-likeness (QED) is 0.573. The van der Waals surface area contributed by atoms with Crippen molar-refractivity contribution in [3.05, 3.63) is 0 Å². The van der Waals surface area contributed by atoms with Crippen LogP contribution in [-0.4, -0.2) is 23.9 Å². The monoisotopic (exact) mass is 156 g/mol. The normalized spacial score (nSPS) is 45.0. The zero-order chi connectivity index (χ0) is 7.73. The zero-order valence-corrected chi connectivity index (χ0v) is 6.88. The van der Waals surface area contributed by atoms with E-state index >= 15 is 0 Å². The van der Waals surface area contributed by atoms with E-state index in [0.29, 0.717) is 5.92 Å². The molecule has 1 heterocycles. The lowest BCUT2D eigenvalue weighted by Crippen LogP contribution is -2.47. The molecular formula is C9H16O2. The molecule has 0 bridgehead atoms. The third-order valence-electron chi connectivity index (χ3n) is 3.17. The van der Waals surface area contributed by atoms with Crippen molar-refractivity contribution >= 4 is 0 Å². The maximum absolute atomic E-state index is 10.1. The lowest BCUT2D eigenvalue weighted by molar-refractivity contribution is -0.131. The van der Waals surface area contributed by atoms with Gasteiger partial charge in [0.1, 0.15) is 0 Å². The second-order valence-electron chi connectivity index (χ2n) is 3.87. The molecule has 2 fully saturated rings. The van der Waals surface area contributed by atoms with Crippen LogP contribution in [0.25, 0.3) is 0 Å². The van der Waals surface area contributed by atoms with Gasteiger partial charge in [-0.2, -0.15) is 0 Å². The number of hydrogen-bond acceptors (Lipinski definition) is 2. The summed E-state index contributed by atoms with van der Waals surface area (Å²) in [4.78, 5) is 0. The lowest BCUT2D eigenvalue weighted by atomic mass is 9.73. The maximum atomic E-state index is 10.1. The Morgan fingerprint density at radius 1 is 1.27 bits per heavy atom. The predicted molar refractivity (Wildman–Crippen MR) is 42.3 cm³/mol. The van der Waals surface area contributed by atoms with Crippen molar-refractivity contribution < 1.29 is 9.84 Å². The molecule has 0 aromatic rings. The van der Waals surface area contributed by atoms with Crippen LogP contribution in [0, 0.1) is 5.92 Å². The summed E-state index contributed by atoms with van der Waals surface area (Å²) < 4.78 is 5.34. The van der Waals surface area contributed by atoms with Crippen molar-refractivity contribution in [2.75, 3.05) is 13.2 Å². The Balaban J connectivity index is 2.06. The van der Waals surface area contributed by atoms with Gasteiger partial charge in [-0.25, -0.2) is 0 Å². The summed E-state index contributed by atoms with van der Waals surface area (Å²) in [5.74, 6) is 0.435. The zero-order valence-electron chi connectivity index (χ0n) is 6.88. The Morgan fingerprint density at radius 2 is 2.18 bits per heavy atom. The van der Waals surface area contributed by atoms with Crippen LogP contribution in [0.2, 0.25) is 0 Å². The van der Waals surface area contributed by atoms with E-state index in [1.807, 2.05) is 0 Å². The molecule has 0 spiro atoms. The molecule has 64 valence electrons. The summed E-state index contributed by atoms with van der Waals surface area (Å²) in [6, 6.07) is 0. The van der Waals surface area contributed by atoms with Crippen molar-refractivity contribution in [3.63, 3.8) is 0 Å². The number of fused-ring (bicyclic) bond motifs is 1. The van der Waals surface area contributed by atoms with Gasteiger partial charge in [0.05, 0.1) is 12.2 Å². The third-order valence-corrected chi connectivity index (χ3v) is 3.17. The number of ether oxygens (including phenoxy) is 1. The molecule has 1 aliphatic carbocycles. The van der Waals surface area contributed by atoms with Gasteiger partial charge in [0.15, 0.2) is 0 Å². The molecule has 2 aliphatic rings. The van der Waals surface area contributed by atoms with Gasteiger partial charge in [-0.3, -0.25) is 0 Å². The molecule has 2 heteroatoms. The SMILES string of the molecule is O[C@@]12CCCC[C@@H]1COCC2. The van der Waals surface area contributed by atoms with Crippen LogP contribution < -0.4 is 0 Å². The standard InChI is InChI=1S/C9H16O2/c10-9-4-2-1-3-8(9)7-11-6-5-9/h8,10H,1-7H2/t8-,9-/m1/s1. The van der Waals surface area contributed by atoms with Crippen LogP contribution in [0.3, 0.4) is 0 Å². The van der Waals surface area contributed by atoms with E-state index in [9.17, 15) is 5.11 Å². The molecule has 1 aliphatic heterocycles. The smallest absolute Gasteiger partial charge is 0.0719 e. The number of hydrogen-bond donors (Lipinski definition) is 1. The van der Waals surface area contributed by atoms with E-state index in [2.05, 4.69) is 0 Å². The molecular weight excluding hydrogens is 140 g/mol. The minimum absolute atomic E-state index is 0.351. The molecule has 0 radical (unpaired) electrons. The van der Waals surface area contributed by atoms with Gasteiger partial charge in [0, 0.05) is 12.5 Å². The summed E-state index contributed by atoms with van der Waals surface area (Å²) >= 11 is 0. The number of aliphatic hydroxyl groups is 1. The van der Waals surface area contributed by atoms with E-state index in [0.717, 1.165) is 32.5 Å². The van der Waals surface area contributed by atoms with Gasteiger partial charge in [0.25, 0.3) is 0 Å². The molecule has 1 N–H and O–H groups in total. The highest BCUT2D eigenvalue weighted by Crippen LogP contribution is 2.38. The van der Waals surface area contributed by atoms with Crippen molar-refractivity contribution in [1.29, 1.82) is 0 Å². The third kappa shape index (κ3) is 1.30. The van der Waals surface area contributed by atoms with Gasteiger partial charge < -0.3 is 9.84 Å². The summed E-state index contributed by atoms with van der Waals surface area (Å²) in [6.07, 6.45) is 5.50. The van der Waals surface area contributed by atoms with E-state index in [1.54, 1.807) is 0 Å². The van der Waals surface area contributed by atoms with E-state index < -0.39 is 0 Å². The molecule has 1 saturated carbocycles. The fourth-order valence-electron chi connectivity index (χ4n) is 2.34. The second-order valence-corrected chi connectivity index (χ2v) is 3.87. The van der Waals surface area contributed by atoms with Gasteiger partial charge in [-0.1, -0.05) is 12.8 Å². The van der Waals surface area contributed by atoms with Gasteiger partial charge in [0.2, 0.25) is 0 Å². The van der Waals surface area contributed by atoms with Crippen LogP contribution in [0.1, 0.15) is 32.1 Å². The van der Waals surface area contributed by atoms with E-state index in [4.69, 9.17) is 4.74 Å². The van der Waals surface area contributed by atoms with E-state index in [1.165, 1.54) is 12.8 Å². The van der Waals surface area contributed by atoms with Crippen molar-refractivity contribution in [1.82, 2.24) is 0 Å². The average Bonchev–Trinajstić information content (AvgIpc) is 2.03. The fraction of sp³-hybridized carbons (Fsp3) is 1.00. The lowest BCUT2D eigenvalue weighted by Gasteiger charge is -2.43. The predicted octanol–water partition coefficient (Wildman–Crippen LogP) is 1.33. The van der Waals surface area contributed by atoms with Crippen LogP contribution in [0.4, 0.5) is 0 Å². The fourth-order valence-corrected chi connectivity index (χ4v) is 2.34. The minimum atomic E-state index is -0.351. The first kappa shape index (κ1) is 7.56. The Bertz CT molecular complexity index is 132. The molecule has 2 nitrogen and oxygen atoms in total.